The van der Waals surface area contributed by atoms with Gasteiger partial charge in [-0.05, 0) is 81.7 Å². The lowest BCUT2D eigenvalue weighted by atomic mass is 9.35. The van der Waals surface area contributed by atoms with Crippen molar-refractivity contribution in [2.24, 2.45) is 22.7 Å². The summed E-state index contributed by atoms with van der Waals surface area (Å²) in [7, 11) is 2.18. The van der Waals surface area contributed by atoms with Crippen LogP contribution < -0.4 is 0 Å². The van der Waals surface area contributed by atoms with Crippen molar-refractivity contribution < 1.29 is 20.1 Å². The van der Waals surface area contributed by atoms with Crippen LogP contribution in [-0.2, 0) is 4.74 Å². The second-order valence-electron chi connectivity index (χ2n) is 10.8. The smallest absolute Gasteiger partial charge is 0.139 e. The number of hydrogen-bond acceptors (Lipinski definition) is 5. The second-order valence-corrected chi connectivity index (χ2v) is 10.8. The van der Waals surface area contributed by atoms with Gasteiger partial charge in [0.2, 0.25) is 0 Å². The topological polar surface area (TPSA) is 73.2 Å². The van der Waals surface area contributed by atoms with Crippen molar-refractivity contribution >= 4 is 0 Å². The van der Waals surface area contributed by atoms with Crippen molar-refractivity contribution in [3.05, 3.63) is 11.3 Å². The van der Waals surface area contributed by atoms with Gasteiger partial charge in [-0.3, -0.25) is 0 Å². The van der Waals surface area contributed by atoms with Crippen LogP contribution in [0.4, 0.5) is 0 Å². The number of likely N-dealkylation sites (N-methyl/N-ethyl adjacent to an activating group) is 1. The maximum absolute atomic E-state index is 12.4. The van der Waals surface area contributed by atoms with Crippen molar-refractivity contribution in [1.82, 2.24) is 4.90 Å². The van der Waals surface area contributed by atoms with Crippen LogP contribution in [-0.4, -0.2) is 63.3 Å². The quantitative estimate of drug-likeness (QED) is 0.699. The molecule has 0 aromatic rings. The first-order valence-electron chi connectivity index (χ1n) is 11.0. The molecule has 5 heteroatoms. The SMILES string of the molecule is CCC12CC(N(C)CC3CC3)[C@@]3(O)CCC(C)(O)C4OC5=C(C1C[C@@H]5O)C423. The van der Waals surface area contributed by atoms with E-state index in [2.05, 4.69) is 18.9 Å². The summed E-state index contributed by atoms with van der Waals surface area (Å²) in [6.07, 6.45) is 5.42. The van der Waals surface area contributed by atoms with Gasteiger partial charge in [-0.2, -0.15) is 0 Å². The molecular formula is C22H33NO4. The molecule has 0 saturated heterocycles. The Kier molecular flexibility index (Phi) is 3.03. The zero-order valence-corrected chi connectivity index (χ0v) is 16.7. The van der Waals surface area contributed by atoms with Gasteiger partial charge in [0.15, 0.2) is 0 Å². The third-order valence-electron chi connectivity index (χ3n) is 9.67. The predicted octanol–water partition coefficient (Wildman–Crippen LogP) is 1.81. The highest BCUT2D eigenvalue weighted by atomic mass is 16.5. The molecule has 4 saturated carbocycles. The highest BCUT2D eigenvalue weighted by Gasteiger charge is 2.90. The molecule has 0 bridgehead atoms. The van der Waals surface area contributed by atoms with Crippen molar-refractivity contribution in [2.45, 2.75) is 88.2 Å². The summed E-state index contributed by atoms with van der Waals surface area (Å²) in [6, 6.07) is 0.106. The van der Waals surface area contributed by atoms with E-state index in [4.69, 9.17) is 4.74 Å². The van der Waals surface area contributed by atoms with Gasteiger partial charge in [-0.15, -0.1) is 0 Å². The fourth-order valence-corrected chi connectivity index (χ4v) is 8.52. The molecule has 6 rings (SSSR count). The van der Waals surface area contributed by atoms with Gasteiger partial charge < -0.3 is 25.0 Å². The average Bonchev–Trinajstić information content (AvgIpc) is 3.22. The molecule has 5 nitrogen and oxygen atoms in total. The summed E-state index contributed by atoms with van der Waals surface area (Å²) in [5, 5.41) is 34.3. The van der Waals surface area contributed by atoms with Gasteiger partial charge in [-0.1, -0.05) is 6.92 Å². The monoisotopic (exact) mass is 375 g/mol. The molecule has 5 aliphatic carbocycles. The molecule has 6 aliphatic rings. The van der Waals surface area contributed by atoms with E-state index in [1.807, 2.05) is 6.92 Å². The molecule has 0 aromatic heterocycles. The Balaban J connectivity index is 1.53. The number of aliphatic hydroxyl groups is 3. The van der Waals surface area contributed by atoms with E-state index >= 15 is 0 Å². The van der Waals surface area contributed by atoms with Crippen LogP contribution in [0.2, 0.25) is 0 Å². The maximum atomic E-state index is 12.4. The van der Waals surface area contributed by atoms with Crippen molar-refractivity contribution in [2.75, 3.05) is 13.6 Å². The normalized spacial score (nSPS) is 57.6. The molecular weight excluding hydrogens is 342 g/mol. The van der Waals surface area contributed by atoms with Crippen LogP contribution in [0.3, 0.4) is 0 Å². The highest BCUT2D eigenvalue weighted by Crippen LogP contribution is 2.86. The maximum Gasteiger partial charge on any atom is 0.139 e. The summed E-state index contributed by atoms with van der Waals surface area (Å²) >= 11 is 0. The number of nitrogens with zero attached hydrogens (tertiary/aromatic N) is 1. The number of rotatable bonds is 4. The number of hydrogen-bond donors (Lipinski definition) is 3. The Morgan fingerprint density at radius 3 is 2.63 bits per heavy atom. The molecule has 27 heavy (non-hydrogen) atoms. The second kappa shape index (κ2) is 4.75. The Labute approximate surface area is 161 Å². The minimum absolute atomic E-state index is 0.0755. The van der Waals surface area contributed by atoms with E-state index < -0.39 is 28.8 Å². The first-order valence-corrected chi connectivity index (χ1v) is 11.0. The largest absolute Gasteiger partial charge is 0.488 e. The molecule has 150 valence electrons. The molecule has 4 fully saturated rings. The Hall–Kier alpha value is -0.620. The van der Waals surface area contributed by atoms with E-state index in [0.717, 1.165) is 31.7 Å². The lowest BCUT2D eigenvalue weighted by molar-refractivity contribution is -0.275. The van der Waals surface area contributed by atoms with Gasteiger partial charge in [-0.25, -0.2) is 0 Å². The summed E-state index contributed by atoms with van der Waals surface area (Å²) in [6.45, 7) is 5.16. The summed E-state index contributed by atoms with van der Waals surface area (Å²) < 4.78 is 6.36. The minimum atomic E-state index is -0.967. The molecule has 1 spiro atoms. The number of aliphatic hydroxyl groups excluding tert-OH is 1. The van der Waals surface area contributed by atoms with Crippen LogP contribution in [0.1, 0.15) is 58.8 Å². The molecule has 1 aliphatic heterocycles. The predicted molar refractivity (Wildman–Crippen MR) is 99.7 cm³/mol. The van der Waals surface area contributed by atoms with Gasteiger partial charge >= 0.3 is 0 Å². The van der Waals surface area contributed by atoms with Crippen LogP contribution in [0, 0.1) is 22.7 Å². The first kappa shape index (κ1) is 17.3. The standard InChI is InChI=1S/C22H33NO4/c1-4-20-10-15(23(3)11-12-5-6-12)21(26)8-7-19(2,25)18-22(20,21)16-13(20)9-14(24)17(16)27-18/h12-15,18,24-26H,4-11H2,1-3H3/t13?,14-,15?,18?,19?,20?,21-,22?/m0/s1. The van der Waals surface area contributed by atoms with E-state index in [1.165, 1.54) is 18.4 Å². The first-order chi connectivity index (χ1) is 12.7. The van der Waals surface area contributed by atoms with Gasteiger partial charge in [0, 0.05) is 12.6 Å². The van der Waals surface area contributed by atoms with E-state index in [-0.39, 0.29) is 11.5 Å². The molecule has 1 heterocycles. The lowest BCUT2D eigenvalue weighted by Crippen LogP contribution is -2.76. The van der Waals surface area contributed by atoms with Gasteiger partial charge in [0.1, 0.15) is 18.0 Å². The molecule has 8 atom stereocenters. The Morgan fingerprint density at radius 2 is 1.96 bits per heavy atom. The number of ether oxygens (including phenoxy) is 1. The van der Waals surface area contributed by atoms with Gasteiger partial charge in [0.25, 0.3) is 0 Å². The van der Waals surface area contributed by atoms with Crippen LogP contribution in [0.5, 0.6) is 0 Å². The zero-order valence-electron chi connectivity index (χ0n) is 16.7. The zero-order chi connectivity index (χ0) is 19.0. The fourth-order valence-electron chi connectivity index (χ4n) is 8.52. The summed E-state index contributed by atoms with van der Waals surface area (Å²) in [4.78, 5) is 2.42. The molecule has 0 amide bonds. The molecule has 3 N–H and O–H groups in total. The average molecular weight is 376 g/mol. The van der Waals surface area contributed by atoms with Crippen molar-refractivity contribution in [3.8, 4) is 0 Å². The third kappa shape index (κ3) is 1.59. The molecule has 6 unspecified atom stereocenters. The van der Waals surface area contributed by atoms with Crippen LogP contribution >= 0.6 is 0 Å². The number of fused-ring (bicyclic) bond motifs is 1. The van der Waals surface area contributed by atoms with E-state index in [0.29, 0.717) is 24.5 Å². The highest BCUT2D eigenvalue weighted by molar-refractivity contribution is 5.56. The van der Waals surface area contributed by atoms with Crippen LogP contribution in [0.25, 0.3) is 0 Å². The van der Waals surface area contributed by atoms with Gasteiger partial charge in [0.05, 0.1) is 16.6 Å². The Bertz CT molecular complexity index is 745. The minimum Gasteiger partial charge on any atom is -0.488 e. The molecule has 0 radical (unpaired) electrons. The fraction of sp³-hybridized carbons (Fsp3) is 0.909. The summed E-state index contributed by atoms with van der Waals surface area (Å²) in [5.74, 6) is 1.78. The van der Waals surface area contributed by atoms with E-state index in [1.54, 1.807) is 0 Å². The van der Waals surface area contributed by atoms with Crippen molar-refractivity contribution in [3.63, 3.8) is 0 Å². The van der Waals surface area contributed by atoms with E-state index in [9.17, 15) is 15.3 Å². The Morgan fingerprint density at radius 1 is 1.22 bits per heavy atom. The molecule has 0 aromatic carbocycles. The van der Waals surface area contributed by atoms with Crippen molar-refractivity contribution in [1.29, 1.82) is 0 Å². The third-order valence-corrected chi connectivity index (χ3v) is 9.67. The lowest BCUT2D eigenvalue weighted by Gasteiger charge is -2.69. The summed E-state index contributed by atoms with van der Waals surface area (Å²) in [5.41, 5.74) is -1.26. The van der Waals surface area contributed by atoms with Crippen LogP contribution in [0.15, 0.2) is 11.3 Å².